The molecule has 13 nitrogen and oxygen atoms in total. The highest BCUT2D eigenvalue weighted by atomic mass is 32.2. The minimum absolute atomic E-state index is 0.0325. The van der Waals surface area contributed by atoms with Gasteiger partial charge in [-0.25, -0.2) is 4.31 Å². The smallest absolute Gasteiger partial charge is 0.362 e. The van der Waals surface area contributed by atoms with E-state index in [0.29, 0.717) is 4.88 Å². The molecule has 0 aromatic carbocycles. The fourth-order valence-corrected chi connectivity index (χ4v) is 4.15. The maximum Gasteiger partial charge on any atom is 0.362 e. The summed E-state index contributed by atoms with van der Waals surface area (Å²) in [6, 6.07) is 1.23. The Kier molecular flexibility index (Phi) is 7.71. The van der Waals surface area contributed by atoms with Crippen LogP contribution in [-0.4, -0.2) is 72.5 Å². The van der Waals surface area contributed by atoms with E-state index in [0.717, 1.165) is 0 Å². The first kappa shape index (κ1) is 23.5. The van der Waals surface area contributed by atoms with Crippen LogP contribution in [0.15, 0.2) is 27.7 Å². The summed E-state index contributed by atoms with van der Waals surface area (Å²) < 4.78 is 31.7. The van der Waals surface area contributed by atoms with Crippen LogP contribution < -0.4 is 22.5 Å². The van der Waals surface area contributed by atoms with Crippen molar-refractivity contribution in [1.29, 1.82) is 0 Å². The molecule has 0 saturated carbocycles. The van der Waals surface area contributed by atoms with Crippen molar-refractivity contribution < 1.29 is 27.4 Å². The van der Waals surface area contributed by atoms with Crippen molar-refractivity contribution in [2.75, 3.05) is 19.7 Å². The van der Waals surface area contributed by atoms with Crippen molar-refractivity contribution in [3.05, 3.63) is 22.4 Å². The van der Waals surface area contributed by atoms with Crippen molar-refractivity contribution in [3.8, 4) is 0 Å². The molecule has 1 aliphatic rings. The van der Waals surface area contributed by atoms with Gasteiger partial charge in [-0.1, -0.05) is 11.2 Å². The normalized spacial score (nSPS) is 20.3. The van der Waals surface area contributed by atoms with E-state index < -0.39 is 34.2 Å². The Morgan fingerprint density at radius 1 is 1.47 bits per heavy atom. The maximum atomic E-state index is 12.7. The summed E-state index contributed by atoms with van der Waals surface area (Å²) in [5, 5.41) is 7.99. The van der Waals surface area contributed by atoms with Crippen LogP contribution in [0.25, 0.3) is 0 Å². The standard InChI is InChI=1S/C15H23N7O6S2/c1-8-11(14(24)22(8)30(25,26)27)20-13(23)12(10-3-2-4-29-10)21-28-7-9(5-16)6-19-15(17)18/h2-4,8-9,11H,5-7,16H2,1H3,(H,20,23)(H4,17,18,19)(H,25,26,27)/b21-12+/t8-,9?,11?/m0/s1. The first-order valence-electron chi connectivity index (χ1n) is 8.67. The molecular weight excluding hydrogens is 438 g/mol. The summed E-state index contributed by atoms with van der Waals surface area (Å²) in [6.07, 6.45) is 0. The van der Waals surface area contributed by atoms with E-state index in [1.165, 1.54) is 18.3 Å². The van der Waals surface area contributed by atoms with Gasteiger partial charge in [0.15, 0.2) is 11.7 Å². The van der Waals surface area contributed by atoms with E-state index in [2.05, 4.69) is 15.5 Å². The molecule has 1 aromatic rings. The number of β-lactam (4-membered cyclic amide) rings is 1. The average Bonchev–Trinajstić information content (AvgIpc) is 3.18. The van der Waals surface area contributed by atoms with Crippen LogP contribution in [0.2, 0.25) is 0 Å². The Balaban J connectivity index is 2.08. The zero-order chi connectivity index (χ0) is 22.5. The van der Waals surface area contributed by atoms with E-state index in [4.69, 9.17) is 26.6 Å². The highest BCUT2D eigenvalue weighted by molar-refractivity contribution is 7.84. The molecule has 0 bridgehead atoms. The third-order valence-electron chi connectivity index (χ3n) is 4.17. The maximum absolute atomic E-state index is 12.7. The summed E-state index contributed by atoms with van der Waals surface area (Å²) >= 11 is 1.21. The predicted molar refractivity (Wildman–Crippen MR) is 110 cm³/mol. The molecule has 1 fully saturated rings. The fraction of sp³-hybridized carbons (Fsp3) is 0.467. The molecule has 30 heavy (non-hydrogen) atoms. The van der Waals surface area contributed by atoms with Crippen LogP contribution in [0.4, 0.5) is 0 Å². The van der Waals surface area contributed by atoms with Gasteiger partial charge in [0.05, 0.1) is 17.5 Å². The first-order chi connectivity index (χ1) is 14.1. The van der Waals surface area contributed by atoms with E-state index in [1.807, 2.05) is 0 Å². The lowest BCUT2D eigenvalue weighted by atomic mass is 10.0. The fourth-order valence-electron chi connectivity index (χ4n) is 2.56. The highest BCUT2D eigenvalue weighted by Gasteiger charge is 2.51. The molecule has 2 heterocycles. The number of hydrogen-bond donors (Lipinski definition) is 5. The van der Waals surface area contributed by atoms with Gasteiger partial charge in [-0.3, -0.25) is 19.1 Å². The Hall–Kier alpha value is -2.75. The zero-order valence-electron chi connectivity index (χ0n) is 16.0. The number of carbonyl (C=O) groups excluding carboxylic acids is 2. The summed E-state index contributed by atoms with van der Waals surface area (Å²) in [5.41, 5.74) is 16.1. The molecule has 2 rings (SSSR count). The van der Waals surface area contributed by atoms with Crippen LogP contribution in [0.5, 0.6) is 0 Å². The third-order valence-corrected chi connectivity index (χ3v) is 6.06. The Labute approximate surface area is 176 Å². The summed E-state index contributed by atoms with van der Waals surface area (Å²) in [6.45, 7) is 1.83. The van der Waals surface area contributed by atoms with Crippen molar-refractivity contribution in [1.82, 2.24) is 9.62 Å². The van der Waals surface area contributed by atoms with Crippen molar-refractivity contribution in [3.63, 3.8) is 0 Å². The summed E-state index contributed by atoms with van der Waals surface area (Å²) in [7, 11) is -4.70. The number of nitrogens with zero attached hydrogens (tertiary/aromatic N) is 3. The zero-order valence-corrected chi connectivity index (χ0v) is 17.6. The van der Waals surface area contributed by atoms with Crippen LogP contribution in [0.3, 0.4) is 0 Å². The van der Waals surface area contributed by atoms with Gasteiger partial charge in [0, 0.05) is 12.5 Å². The number of rotatable bonds is 10. The van der Waals surface area contributed by atoms with Crippen LogP contribution in [-0.2, 0) is 24.7 Å². The summed E-state index contributed by atoms with van der Waals surface area (Å²) in [4.78, 5) is 34.2. The molecule has 0 radical (unpaired) electrons. The van der Waals surface area contributed by atoms with Crippen LogP contribution in [0, 0.1) is 5.92 Å². The van der Waals surface area contributed by atoms with Gasteiger partial charge in [-0.05, 0) is 18.4 Å². The molecule has 3 atom stereocenters. The minimum atomic E-state index is -4.70. The molecule has 0 spiro atoms. The SMILES string of the molecule is C[C@H]1C(NC(=O)/C(=N/OCC(CN)CN=C(N)N)c2cccs2)C(=O)N1S(=O)(=O)O. The summed E-state index contributed by atoms with van der Waals surface area (Å²) in [5.74, 6) is -2.04. The number of thiophene rings is 1. The van der Waals surface area contributed by atoms with Crippen LogP contribution >= 0.6 is 11.3 Å². The largest absolute Gasteiger partial charge is 0.395 e. The van der Waals surface area contributed by atoms with Gasteiger partial charge in [0.25, 0.3) is 11.8 Å². The molecule has 0 aliphatic carbocycles. The second kappa shape index (κ2) is 9.84. The third kappa shape index (κ3) is 5.65. The molecule has 15 heteroatoms. The molecule has 8 N–H and O–H groups in total. The monoisotopic (exact) mass is 461 g/mol. The lowest BCUT2D eigenvalue weighted by Gasteiger charge is -2.42. The number of amides is 2. The minimum Gasteiger partial charge on any atom is -0.395 e. The van der Waals surface area contributed by atoms with Gasteiger partial charge >= 0.3 is 10.3 Å². The second-order valence-electron chi connectivity index (χ2n) is 6.38. The molecule has 2 amide bonds. The molecule has 2 unspecified atom stereocenters. The second-order valence-corrected chi connectivity index (χ2v) is 8.62. The van der Waals surface area contributed by atoms with Gasteiger partial charge < -0.3 is 27.4 Å². The van der Waals surface area contributed by atoms with Gasteiger partial charge in [-0.15, -0.1) is 11.3 Å². The Bertz CT molecular complexity index is 927. The Morgan fingerprint density at radius 2 is 2.17 bits per heavy atom. The predicted octanol–water partition coefficient (Wildman–Crippen LogP) is -2.16. The number of hydrogen-bond acceptors (Lipinski definition) is 9. The molecule has 166 valence electrons. The number of nitrogens with two attached hydrogens (primary N) is 3. The van der Waals surface area contributed by atoms with Crippen molar-refractivity contribution >= 4 is 45.1 Å². The number of guanidine groups is 1. The quantitative estimate of drug-likeness (QED) is 0.0841. The van der Waals surface area contributed by atoms with E-state index in [1.54, 1.807) is 17.5 Å². The lowest BCUT2D eigenvalue weighted by Crippen LogP contribution is -2.71. The number of oxime groups is 1. The van der Waals surface area contributed by atoms with E-state index in [9.17, 15) is 18.0 Å². The number of carbonyl (C=O) groups is 2. The van der Waals surface area contributed by atoms with Gasteiger partial charge in [0.2, 0.25) is 0 Å². The van der Waals surface area contributed by atoms with Gasteiger partial charge in [-0.2, -0.15) is 8.42 Å². The van der Waals surface area contributed by atoms with Crippen molar-refractivity contribution in [2.24, 2.45) is 33.3 Å². The van der Waals surface area contributed by atoms with E-state index in [-0.39, 0.29) is 41.6 Å². The van der Waals surface area contributed by atoms with Crippen LogP contribution in [0.1, 0.15) is 11.8 Å². The lowest BCUT2D eigenvalue weighted by molar-refractivity contribution is -0.143. The average molecular weight is 462 g/mol. The molecule has 1 saturated heterocycles. The molecular formula is C15H23N7O6S2. The molecule has 1 aromatic heterocycles. The number of aliphatic imine (C=N–C) groups is 1. The Morgan fingerprint density at radius 3 is 2.67 bits per heavy atom. The number of nitrogens with one attached hydrogen (secondary N) is 1. The molecule has 1 aliphatic heterocycles. The van der Waals surface area contributed by atoms with Crippen molar-refractivity contribution in [2.45, 2.75) is 19.0 Å². The van der Waals surface area contributed by atoms with E-state index >= 15 is 0 Å². The first-order valence-corrected chi connectivity index (χ1v) is 10.9. The van der Waals surface area contributed by atoms with Gasteiger partial charge in [0.1, 0.15) is 12.6 Å². The topological polar surface area (TPSA) is 216 Å². The highest BCUT2D eigenvalue weighted by Crippen LogP contribution is 2.23.